The molecule has 1 atom stereocenters. The molecule has 0 bridgehead atoms. The smallest absolute Gasteiger partial charge is 0.306 e. The van der Waals surface area contributed by atoms with Gasteiger partial charge in [0.1, 0.15) is 0 Å². The van der Waals surface area contributed by atoms with E-state index in [1.54, 1.807) is 19.2 Å². The highest BCUT2D eigenvalue weighted by Crippen LogP contribution is 2.18. The van der Waals surface area contributed by atoms with E-state index in [1.165, 1.54) is 0 Å². The highest BCUT2D eigenvalue weighted by molar-refractivity contribution is 5.77. The van der Waals surface area contributed by atoms with E-state index in [-0.39, 0.29) is 0 Å². The summed E-state index contributed by atoms with van der Waals surface area (Å²) < 4.78 is 4.98. The fourth-order valence-electron chi connectivity index (χ4n) is 1.36. The van der Waals surface area contributed by atoms with Gasteiger partial charge >= 0.3 is 5.97 Å². The largest absolute Gasteiger partial charge is 0.481 e. The minimum Gasteiger partial charge on any atom is -0.481 e. The molecular weight excluding hydrogens is 196 g/mol. The van der Waals surface area contributed by atoms with Gasteiger partial charge in [-0.05, 0) is 12.1 Å². The first kappa shape index (κ1) is 9.64. The molecule has 0 aliphatic rings. The number of aliphatic carboxylic acids is 1. The molecule has 15 heavy (non-hydrogen) atoms. The molecule has 0 saturated carbocycles. The highest BCUT2D eigenvalue weighted by Gasteiger charge is 2.16. The van der Waals surface area contributed by atoms with Crippen molar-refractivity contribution in [3.63, 3.8) is 0 Å². The van der Waals surface area contributed by atoms with Crippen LogP contribution in [-0.2, 0) is 11.2 Å². The first-order valence-electron chi connectivity index (χ1n) is 4.60. The molecule has 0 aromatic carbocycles. The number of pyridine rings is 1. The Kier molecular flexibility index (Phi) is 2.37. The summed E-state index contributed by atoms with van der Waals surface area (Å²) in [6.07, 6.45) is 1.96. The van der Waals surface area contributed by atoms with E-state index in [2.05, 4.69) is 10.1 Å². The molecular formula is C10H10N2O3. The van der Waals surface area contributed by atoms with E-state index in [0.29, 0.717) is 17.8 Å². The summed E-state index contributed by atoms with van der Waals surface area (Å²) in [5.74, 6) is -1.31. The van der Waals surface area contributed by atoms with Crippen LogP contribution in [0, 0.1) is 5.92 Å². The van der Waals surface area contributed by atoms with Gasteiger partial charge in [-0.2, -0.15) is 0 Å². The number of nitrogens with zero attached hydrogens (tertiary/aromatic N) is 2. The molecule has 2 rings (SSSR count). The maximum atomic E-state index is 10.7. The Morgan fingerprint density at radius 1 is 1.67 bits per heavy atom. The number of hydrogen-bond donors (Lipinski definition) is 1. The van der Waals surface area contributed by atoms with Crippen LogP contribution in [0.2, 0.25) is 0 Å². The zero-order chi connectivity index (χ0) is 10.8. The third kappa shape index (κ3) is 1.81. The second-order valence-corrected chi connectivity index (χ2v) is 3.43. The molecule has 2 heterocycles. The van der Waals surface area contributed by atoms with Crippen molar-refractivity contribution in [2.45, 2.75) is 13.3 Å². The Labute approximate surface area is 85.7 Å². The van der Waals surface area contributed by atoms with Crippen LogP contribution in [0.4, 0.5) is 0 Å². The van der Waals surface area contributed by atoms with Crippen molar-refractivity contribution < 1.29 is 14.4 Å². The summed E-state index contributed by atoms with van der Waals surface area (Å²) in [4.78, 5) is 14.7. The van der Waals surface area contributed by atoms with Gasteiger partial charge in [0.2, 0.25) is 0 Å². The van der Waals surface area contributed by atoms with E-state index < -0.39 is 11.9 Å². The molecule has 0 spiro atoms. The van der Waals surface area contributed by atoms with Crippen molar-refractivity contribution in [3.05, 3.63) is 24.0 Å². The van der Waals surface area contributed by atoms with E-state index in [9.17, 15) is 4.79 Å². The van der Waals surface area contributed by atoms with E-state index in [1.807, 2.05) is 6.07 Å². The SMILES string of the molecule is CC(Cc1noc2ncccc12)C(=O)O. The van der Waals surface area contributed by atoms with Crippen LogP contribution in [0.25, 0.3) is 11.1 Å². The minimum atomic E-state index is -0.838. The Bertz CT molecular complexity index is 492. The topological polar surface area (TPSA) is 76.2 Å². The van der Waals surface area contributed by atoms with E-state index >= 15 is 0 Å². The summed E-state index contributed by atoms with van der Waals surface area (Å²) in [6, 6.07) is 3.59. The molecule has 1 unspecified atom stereocenters. The standard InChI is InChI=1S/C10H10N2O3/c1-6(10(13)14)5-8-7-3-2-4-11-9(7)15-12-8/h2-4,6H,5H2,1H3,(H,13,14). The first-order valence-corrected chi connectivity index (χ1v) is 4.60. The molecule has 2 aromatic rings. The molecule has 2 aromatic heterocycles. The third-order valence-corrected chi connectivity index (χ3v) is 2.25. The lowest BCUT2D eigenvalue weighted by molar-refractivity contribution is -0.141. The predicted molar refractivity (Wildman–Crippen MR) is 52.3 cm³/mol. The quantitative estimate of drug-likeness (QED) is 0.823. The van der Waals surface area contributed by atoms with Crippen LogP contribution in [-0.4, -0.2) is 21.2 Å². The van der Waals surface area contributed by atoms with Crippen LogP contribution in [0.1, 0.15) is 12.6 Å². The van der Waals surface area contributed by atoms with Crippen LogP contribution in [0.15, 0.2) is 22.9 Å². The monoisotopic (exact) mass is 206 g/mol. The summed E-state index contributed by atoms with van der Waals surface area (Å²) in [6.45, 7) is 1.64. The lowest BCUT2D eigenvalue weighted by Gasteiger charge is -2.01. The first-order chi connectivity index (χ1) is 7.18. The molecule has 78 valence electrons. The molecule has 0 radical (unpaired) electrons. The van der Waals surface area contributed by atoms with Crippen molar-refractivity contribution in [3.8, 4) is 0 Å². The highest BCUT2D eigenvalue weighted by atomic mass is 16.5. The Hall–Kier alpha value is -1.91. The summed E-state index contributed by atoms with van der Waals surface area (Å²) in [7, 11) is 0. The Morgan fingerprint density at radius 2 is 2.47 bits per heavy atom. The van der Waals surface area contributed by atoms with Crippen LogP contribution < -0.4 is 0 Å². The summed E-state index contributed by atoms with van der Waals surface area (Å²) >= 11 is 0. The lowest BCUT2D eigenvalue weighted by atomic mass is 10.0. The predicted octanol–water partition coefficient (Wildman–Crippen LogP) is 1.49. The normalized spacial score (nSPS) is 12.9. The van der Waals surface area contributed by atoms with Crippen LogP contribution in [0.3, 0.4) is 0 Å². The van der Waals surface area contributed by atoms with E-state index in [0.717, 1.165) is 5.39 Å². The van der Waals surface area contributed by atoms with Crippen molar-refractivity contribution in [2.75, 3.05) is 0 Å². The van der Waals surface area contributed by atoms with Crippen molar-refractivity contribution in [1.29, 1.82) is 0 Å². The summed E-state index contributed by atoms with van der Waals surface area (Å²) in [5.41, 5.74) is 1.10. The molecule has 1 N–H and O–H groups in total. The van der Waals surface area contributed by atoms with Gasteiger partial charge in [-0.15, -0.1) is 0 Å². The van der Waals surface area contributed by atoms with Gasteiger partial charge in [0.25, 0.3) is 5.71 Å². The van der Waals surface area contributed by atoms with Crippen molar-refractivity contribution in [1.82, 2.24) is 10.1 Å². The average molecular weight is 206 g/mol. The lowest BCUT2D eigenvalue weighted by Crippen LogP contribution is -2.12. The van der Waals surface area contributed by atoms with Gasteiger partial charge in [0, 0.05) is 12.6 Å². The third-order valence-electron chi connectivity index (χ3n) is 2.25. The number of carbonyl (C=O) groups is 1. The number of fused-ring (bicyclic) bond motifs is 1. The van der Waals surface area contributed by atoms with Crippen molar-refractivity contribution >= 4 is 17.1 Å². The van der Waals surface area contributed by atoms with E-state index in [4.69, 9.17) is 9.63 Å². The summed E-state index contributed by atoms with van der Waals surface area (Å²) in [5, 5.41) is 13.4. The van der Waals surface area contributed by atoms with Crippen LogP contribution in [0.5, 0.6) is 0 Å². The number of aromatic nitrogens is 2. The number of carboxylic acids is 1. The van der Waals surface area contributed by atoms with Gasteiger partial charge in [0.15, 0.2) is 0 Å². The Morgan fingerprint density at radius 3 is 3.20 bits per heavy atom. The maximum absolute atomic E-state index is 10.7. The second-order valence-electron chi connectivity index (χ2n) is 3.43. The second kappa shape index (κ2) is 3.68. The van der Waals surface area contributed by atoms with Gasteiger partial charge in [0.05, 0.1) is 17.0 Å². The molecule has 0 aliphatic heterocycles. The Balaban J connectivity index is 2.32. The molecule has 0 aliphatic carbocycles. The number of carboxylic acid groups (broad SMARTS) is 1. The molecule has 5 nitrogen and oxygen atoms in total. The van der Waals surface area contributed by atoms with Crippen molar-refractivity contribution in [2.24, 2.45) is 5.92 Å². The molecule has 0 amide bonds. The van der Waals surface area contributed by atoms with Gasteiger partial charge in [-0.25, -0.2) is 4.98 Å². The number of hydrogen-bond acceptors (Lipinski definition) is 4. The zero-order valence-electron chi connectivity index (χ0n) is 8.17. The maximum Gasteiger partial charge on any atom is 0.306 e. The van der Waals surface area contributed by atoms with Gasteiger partial charge in [-0.1, -0.05) is 12.1 Å². The van der Waals surface area contributed by atoms with Crippen LogP contribution >= 0.6 is 0 Å². The fourth-order valence-corrected chi connectivity index (χ4v) is 1.36. The molecule has 0 saturated heterocycles. The van der Waals surface area contributed by atoms with Gasteiger partial charge in [-0.3, -0.25) is 4.79 Å². The zero-order valence-corrected chi connectivity index (χ0v) is 8.17. The van der Waals surface area contributed by atoms with Gasteiger partial charge < -0.3 is 9.63 Å². The fraction of sp³-hybridized carbons (Fsp3) is 0.300. The average Bonchev–Trinajstić information content (AvgIpc) is 2.62. The molecule has 0 fully saturated rings. The molecule has 5 heteroatoms. The number of rotatable bonds is 3. The minimum absolute atomic E-state index is 0.355.